The zero-order chi connectivity index (χ0) is 21.6. The molecule has 2 saturated heterocycles. The van der Waals surface area contributed by atoms with Crippen molar-refractivity contribution in [2.75, 3.05) is 50.4 Å². The van der Waals surface area contributed by atoms with Gasteiger partial charge in [0, 0.05) is 58.8 Å². The van der Waals surface area contributed by atoms with Crippen LogP contribution >= 0.6 is 11.8 Å². The zero-order valence-electron chi connectivity index (χ0n) is 17.8. The molecule has 166 valence electrons. The van der Waals surface area contributed by atoms with Gasteiger partial charge in [0.15, 0.2) is 5.16 Å². The Hall–Kier alpha value is -2.36. The number of anilines is 1. The molecule has 2 aliphatic heterocycles. The van der Waals surface area contributed by atoms with Crippen LogP contribution in [0.2, 0.25) is 0 Å². The van der Waals surface area contributed by atoms with Crippen molar-refractivity contribution >= 4 is 29.3 Å². The van der Waals surface area contributed by atoms with Gasteiger partial charge in [-0.2, -0.15) is 0 Å². The van der Waals surface area contributed by atoms with Gasteiger partial charge in [0.2, 0.25) is 5.91 Å². The predicted octanol–water partition coefficient (Wildman–Crippen LogP) is 2.09. The quantitative estimate of drug-likeness (QED) is 0.660. The van der Waals surface area contributed by atoms with Gasteiger partial charge in [0.25, 0.3) is 5.91 Å². The van der Waals surface area contributed by atoms with Crippen LogP contribution < -0.4 is 5.32 Å². The topological polar surface area (TPSA) is 79.7 Å². The van der Waals surface area contributed by atoms with Crippen LogP contribution in [0.3, 0.4) is 0 Å². The zero-order valence-corrected chi connectivity index (χ0v) is 18.6. The standard InChI is InChI=1S/C22H29N5O3S/c1-25-9-8-23-22(25)31-16-20(28)24-19-7-3-2-6-18(19)21(29)27-12-10-26(11-13-27)15-17-5-4-14-30-17/h2-3,6-9,17H,4-5,10-16H2,1H3,(H,24,28)/t17-/m1/s1. The normalized spacial score (nSPS) is 19.5. The molecule has 0 unspecified atom stereocenters. The molecule has 0 aliphatic carbocycles. The molecule has 2 amide bonds. The molecule has 8 nitrogen and oxygen atoms in total. The molecule has 0 saturated carbocycles. The summed E-state index contributed by atoms with van der Waals surface area (Å²) in [6.07, 6.45) is 6.15. The van der Waals surface area contributed by atoms with Crippen molar-refractivity contribution in [3.05, 3.63) is 42.2 Å². The van der Waals surface area contributed by atoms with Crippen molar-refractivity contribution in [2.45, 2.75) is 24.1 Å². The number of carbonyl (C=O) groups excluding carboxylic acids is 2. The molecule has 4 rings (SSSR count). The largest absolute Gasteiger partial charge is 0.377 e. The second kappa shape index (κ2) is 10.3. The average molecular weight is 444 g/mol. The van der Waals surface area contributed by atoms with E-state index in [9.17, 15) is 9.59 Å². The number of benzene rings is 1. The number of ether oxygens (including phenoxy) is 1. The average Bonchev–Trinajstić information content (AvgIpc) is 3.44. The minimum Gasteiger partial charge on any atom is -0.377 e. The number of nitrogens with one attached hydrogen (secondary N) is 1. The van der Waals surface area contributed by atoms with E-state index in [1.807, 2.05) is 34.8 Å². The van der Waals surface area contributed by atoms with Crippen LogP contribution in [-0.2, 0) is 16.6 Å². The van der Waals surface area contributed by atoms with E-state index in [1.54, 1.807) is 18.3 Å². The summed E-state index contributed by atoms with van der Waals surface area (Å²) in [4.78, 5) is 34.1. The molecule has 31 heavy (non-hydrogen) atoms. The maximum atomic E-state index is 13.2. The number of para-hydroxylation sites is 1. The van der Waals surface area contributed by atoms with Crippen molar-refractivity contribution in [3.63, 3.8) is 0 Å². The molecule has 0 spiro atoms. The summed E-state index contributed by atoms with van der Waals surface area (Å²) in [5.74, 6) is 0.0361. The monoisotopic (exact) mass is 443 g/mol. The van der Waals surface area contributed by atoms with E-state index in [1.165, 1.54) is 11.8 Å². The number of carbonyl (C=O) groups is 2. The van der Waals surface area contributed by atoms with Gasteiger partial charge in [0.05, 0.1) is 23.1 Å². The summed E-state index contributed by atoms with van der Waals surface area (Å²) in [5.41, 5.74) is 1.09. The Kier molecular flexibility index (Phi) is 7.26. The lowest BCUT2D eigenvalue weighted by atomic mass is 10.1. The number of aromatic nitrogens is 2. The van der Waals surface area contributed by atoms with Gasteiger partial charge in [-0.05, 0) is 25.0 Å². The smallest absolute Gasteiger partial charge is 0.256 e. The van der Waals surface area contributed by atoms with Crippen LogP contribution in [0.15, 0.2) is 41.8 Å². The molecule has 9 heteroatoms. The van der Waals surface area contributed by atoms with E-state index in [2.05, 4.69) is 15.2 Å². The first-order chi connectivity index (χ1) is 15.1. The highest BCUT2D eigenvalue weighted by Gasteiger charge is 2.26. The number of nitrogens with zero attached hydrogens (tertiary/aromatic N) is 4. The molecular formula is C22H29N5O3S. The SMILES string of the molecule is Cn1ccnc1SCC(=O)Nc1ccccc1C(=O)N1CCN(C[C@H]2CCCO2)CC1. The van der Waals surface area contributed by atoms with Crippen molar-refractivity contribution in [2.24, 2.45) is 7.05 Å². The lowest BCUT2D eigenvalue weighted by molar-refractivity contribution is -0.113. The first-order valence-electron chi connectivity index (χ1n) is 10.7. The minimum atomic E-state index is -0.158. The van der Waals surface area contributed by atoms with Crippen LogP contribution in [0.25, 0.3) is 0 Å². The Balaban J connectivity index is 1.31. The molecule has 2 aliphatic rings. The molecule has 1 N–H and O–H groups in total. The highest BCUT2D eigenvalue weighted by molar-refractivity contribution is 7.99. The van der Waals surface area contributed by atoms with Crippen molar-refractivity contribution in [1.82, 2.24) is 19.4 Å². The van der Waals surface area contributed by atoms with Crippen LogP contribution in [0.4, 0.5) is 5.69 Å². The first-order valence-corrected chi connectivity index (χ1v) is 11.7. The van der Waals surface area contributed by atoms with Crippen LogP contribution in [0, 0.1) is 0 Å². The van der Waals surface area contributed by atoms with Gasteiger partial charge in [-0.25, -0.2) is 4.98 Å². The summed E-state index contributed by atoms with van der Waals surface area (Å²) >= 11 is 1.37. The number of piperazine rings is 1. The Morgan fingerprint density at radius 3 is 2.74 bits per heavy atom. The van der Waals surface area contributed by atoms with Gasteiger partial charge < -0.3 is 19.5 Å². The van der Waals surface area contributed by atoms with Crippen LogP contribution in [-0.4, -0.2) is 82.4 Å². The molecule has 1 aromatic carbocycles. The lowest BCUT2D eigenvalue weighted by Gasteiger charge is -2.36. The number of amides is 2. The molecule has 0 bridgehead atoms. The van der Waals surface area contributed by atoms with E-state index in [0.717, 1.165) is 44.2 Å². The van der Waals surface area contributed by atoms with Crippen molar-refractivity contribution in [1.29, 1.82) is 0 Å². The number of hydrogen-bond donors (Lipinski definition) is 1. The first kappa shape index (κ1) is 21.9. The molecule has 1 atom stereocenters. The molecule has 0 radical (unpaired) electrons. The van der Waals surface area contributed by atoms with Gasteiger partial charge in [-0.3, -0.25) is 14.5 Å². The molecule has 2 aromatic rings. The summed E-state index contributed by atoms with van der Waals surface area (Å²) in [7, 11) is 1.89. The Morgan fingerprint density at radius 1 is 1.23 bits per heavy atom. The maximum Gasteiger partial charge on any atom is 0.256 e. The van der Waals surface area contributed by atoms with E-state index in [-0.39, 0.29) is 17.6 Å². The maximum absolute atomic E-state index is 13.2. The highest BCUT2D eigenvalue weighted by atomic mass is 32.2. The number of hydrogen-bond acceptors (Lipinski definition) is 6. The van der Waals surface area contributed by atoms with E-state index in [0.29, 0.717) is 30.4 Å². The Bertz CT molecular complexity index is 904. The fourth-order valence-corrected chi connectivity index (χ4v) is 4.70. The summed E-state index contributed by atoms with van der Waals surface area (Å²) in [6, 6.07) is 7.23. The second-order valence-corrected chi connectivity index (χ2v) is 8.87. The fraction of sp³-hybridized carbons (Fsp3) is 0.500. The lowest BCUT2D eigenvalue weighted by Crippen LogP contribution is -2.50. The van der Waals surface area contributed by atoms with Gasteiger partial charge in [-0.15, -0.1) is 0 Å². The van der Waals surface area contributed by atoms with E-state index >= 15 is 0 Å². The Morgan fingerprint density at radius 2 is 2.03 bits per heavy atom. The van der Waals surface area contributed by atoms with Crippen LogP contribution in [0.5, 0.6) is 0 Å². The van der Waals surface area contributed by atoms with Gasteiger partial charge in [-0.1, -0.05) is 23.9 Å². The number of aryl methyl sites for hydroxylation is 1. The summed E-state index contributed by atoms with van der Waals surface area (Å²) in [5, 5.41) is 3.68. The summed E-state index contributed by atoms with van der Waals surface area (Å²) < 4.78 is 7.60. The number of thioether (sulfide) groups is 1. The second-order valence-electron chi connectivity index (χ2n) is 7.93. The minimum absolute atomic E-state index is 0.0376. The highest BCUT2D eigenvalue weighted by Crippen LogP contribution is 2.21. The van der Waals surface area contributed by atoms with Crippen molar-refractivity contribution in [3.8, 4) is 0 Å². The van der Waals surface area contributed by atoms with Crippen LogP contribution in [0.1, 0.15) is 23.2 Å². The third-order valence-electron chi connectivity index (χ3n) is 5.69. The molecule has 1 aromatic heterocycles. The van der Waals surface area contributed by atoms with E-state index in [4.69, 9.17) is 4.74 Å². The summed E-state index contributed by atoms with van der Waals surface area (Å²) in [6.45, 7) is 4.88. The van der Waals surface area contributed by atoms with Gasteiger partial charge >= 0.3 is 0 Å². The predicted molar refractivity (Wildman–Crippen MR) is 120 cm³/mol. The molecular weight excluding hydrogens is 414 g/mol. The molecule has 3 heterocycles. The third kappa shape index (κ3) is 5.66. The third-order valence-corrected chi connectivity index (χ3v) is 6.74. The molecule has 2 fully saturated rings. The van der Waals surface area contributed by atoms with E-state index < -0.39 is 0 Å². The van der Waals surface area contributed by atoms with Crippen molar-refractivity contribution < 1.29 is 14.3 Å². The number of imidazole rings is 1. The number of rotatable bonds is 7. The Labute approximate surface area is 186 Å². The fourth-order valence-electron chi connectivity index (χ4n) is 3.97. The van der Waals surface area contributed by atoms with Gasteiger partial charge in [0.1, 0.15) is 0 Å².